The molecule has 4 heterocycles. The number of hydrogen-bond donors (Lipinski definition) is 2. The van der Waals surface area contributed by atoms with Crippen molar-refractivity contribution in [1.29, 1.82) is 0 Å². The number of rotatable bonds is 14. The Labute approximate surface area is 290 Å². The van der Waals surface area contributed by atoms with E-state index in [1.807, 2.05) is 54.2 Å². The highest BCUT2D eigenvalue weighted by Gasteiger charge is 2.51. The van der Waals surface area contributed by atoms with E-state index in [9.17, 15) is 19.5 Å². The molecule has 1 aromatic carbocycles. The third-order valence-electron chi connectivity index (χ3n) is 9.87. The van der Waals surface area contributed by atoms with E-state index in [-0.39, 0.29) is 29.6 Å². The van der Waals surface area contributed by atoms with Crippen LogP contribution in [0.15, 0.2) is 59.3 Å². The molecule has 12 heteroatoms. The smallest absolute Gasteiger partial charge is 0.349 e. The fourth-order valence-corrected chi connectivity index (χ4v) is 8.59. The Kier molecular flexibility index (Phi) is 11.3. The van der Waals surface area contributed by atoms with Crippen molar-refractivity contribution in [3.63, 3.8) is 0 Å². The fourth-order valence-electron chi connectivity index (χ4n) is 6.88. The first-order valence-electron chi connectivity index (χ1n) is 16.8. The summed E-state index contributed by atoms with van der Waals surface area (Å²) in [6.45, 7) is 4.38. The summed E-state index contributed by atoms with van der Waals surface area (Å²) < 4.78 is 16.9. The van der Waals surface area contributed by atoms with Crippen molar-refractivity contribution in [3.05, 3.63) is 74.6 Å². The molecule has 3 aromatic rings. The van der Waals surface area contributed by atoms with Crippen molar-refractivity contribution in [2.45, 2.75) is 69.4 Å². The van der Waals surface area contributed by atoms with Crippen molar-refractivity contribution in [2.75, 3.05) is 51.8 Å². The molecule has 258 valence electrons. The molecule has 0 bridgehead atoms. The number of amides is 2. The third-order valence-corrected chi connectivity index (χ3v) is 11.8. The molecule has 2 aliphatic heterocycles. The molecule has 6 rings (SSSR count). The van der Waals surface area contributed by atoms with Gasteiger partial charge in [0.25, 0.3) is 0 Å². The maximum atomic E-state index is 13.3. The second kappa shape index (κ2) is 15.6. The quantitative estimate of drug-likeness (QED) is 0.167. The number of hydrogen-bond acceptors (Lipinski definition) is 10. The van der Waals surface area contributed by atoms with Crippen LogP contribution >= 0.6 is 22.7 Å². The zero-order valence-corrected chi connectivity index (χ0v) is 29.1. The lowest BCUT2D eigenvalue weighted by Gasteiger charge is -2.51. The molecule has 2 N–H and O–H groups in total. The van der Waals surface area contributed by atoms with Gasteiger partial charge in [0.2, 0.25) is 17.4 Å². The topological polar surface area (TPSA) is 118 Å². The Morgan fingerprint density at radius 2 is 1.62 bits per heavy atom. The largest absolute Gasteiger partial charge is 0.460 e. The number of anilines is 1. The van der Waals surface area contributed by atoms with Crippen LogP contribution in [0.5, 0.6) is 0 Å². The SMILES string of the molecule is CN(CCCCC(=O)Nc1ccc(C2OCCO2)cc1)C(=O)CCN1CCC2(CC1)CC(OC(=O)C(O)(c1cccs1)c1cccs1)C2. The molecule has 0 atom stereocenters. The summed E-state index contributed by atoms with van der Waals surface area (Å²) in [5.74, 6) is -0.514. The van der Waals surface area contributed by atoms with E-state index >= 15 is 0 Å². The van der Waals surface area contributed by atoms with E-state index in [1.165, 1.54) is 22.7 Å². The van der Waals surface area contributed by atoms with Gasteiger partial charge in [-0.25, -0.2) is 4.79 Å². The van der Waals surface area contributed by atoms with E-state index in [2.05, 4.69) is 10.2 Å². The third kappa shape index (κ3) is 8.18. The monoisotopic (exact) mass is 695 g/mol. The summed E-state index contributed by atoms with van der Waals surface area (Å²) in [5, 5.41) is 18.1. The number of piperidine rings is 1. The van der Waals surface area contributed by atoms with E-state index < -0.39 is 11.6 Å². The number of nitrogens with one attached hydrogen (secondary N) is 1. The molecule has 1 aliphatic carbocycles. The first-order valence-corrected chi connectivity index (χ1v) is 18.6. The second-order valence-corrected chi connectivity index (χ2v) is 15.1. The molecular formula is C36H45N3O7S2. The number of unbranched alkanes of at least 4 members (excludes halogenated alkanes) is 1. The van der Waals surface area contributed by atoms with Gasteiger partial charge in [-0.3, -0.25) is 9.59 Å². The Bertz CT molecular complexity index is 1460. The molecular weight excluding hydrogens is 651 g/mol. The molecule has 3 aliphatic rings. The van der Waals surface area contributed by atoms with Gasteiger partial charge in [0, 0.05) is 44.2 Å². The first-order chi connectivity index (χ1) is 23.2. The zero-order valence-electron chi connectivity index (χ0n) is 27.4. The van der Waals surface area contributed by atoms with Crippen LogP contribution in [-0.2, 0) is 34.2 Å². The minimum absolute atomic E-state index is 0.0397. The van der Waals surface area contributed by atoms with Gasteiger partial charge in [0.05, 0.1) is 23.0 Å². The summed E-state index contributed by atoms with van der Waals surface area (Å²) in [7, 11) is 1.83. The van der Waals surface area contributed by atoms with Gasteiger partial charge in [0.15, 0.2) is 6.29 Å². The summed E-state index contributed by atoms with van der Waals surface area (Å²) in [6.07, 6.45) is 5.49. The number of aliphatic hydroxyl groups is 1. The van der Waals surface area contributed by atoms with Crippen LogP contribution in [0.2, 0.25) is 0 Å². The highest BCUT2D eigenvalue weighted by molar-refractivity contribution is 7.12. The first kappa shape index (κ1) is 34.7. The number of likely N-dealkylation sites (tertiary alicyclic amines) is 1. The highest BCUT2D eigenvalue weighted by atomic mass is 32.1. The van der Waals surface area contributed by atoms with Gasteiger partial charge >= 0.3 is 5.97 Å². The minimum Gasteiger partial charge on any atom is -0.460 e. The summed E-state index contributed by atoms with van der Waals surface area (Å²) >= 11 is 2.70. The fraction of sp³-hybridized carbons (Fsp3) is 0.528. The lowest BCUT2D eigenvalue weighted by atomic mass is 9.61. The molecule has 2 saturated heterocycles. The molecule has 2 amide bonds. The van der Waals surface area contributed by atoms with Crippen molar-refractivity contribution >= 4 is 46.1 Å². The summed E-state index contributed by atoms with van der Waals surface area (Å²) in [4.78, 5) is 43.8. The Morgan fingerprint density at radius 1 is 0.979 bits per heavy atom. The molecule has 3 fully saturated rings. The zero-order chi connectivity index (χ0) is 33.6. The van der Waals surface area contributed by atoms with Gasteiger partial charge in [-0.2, -0.15) is 0 Å². The Hall–Kier alpha value is -3.13. The number of thiophene rings is 2. The summed E-state index contributed by atoms with van der Waals surface area (Å²) in [5.41, 5.74) is 0.0780. The maximum Gasteiger partial charge on any atom is 0.349 e. The lowest BCUT2D eigenvalue weighted by Crippen LogP contribution is -2.52. The van der Waals surface area contributed by atoms with Crippen LogP contribution < -0.4 is 5.32 Å². The molecule has 10 nitrogen and oxygen atoms in total. The van der Waals surface area contributed by atoms with Gasteiger partial charge in [-0.1, -0.05) is 24.3 Å². The molecule has 1 spiro atoms. The Balaban J connectivity index is 0.840. The van der Waals surface area contributed by atoms with E-state index in [0.717, 1.165) is 63.0 Å². The van der Waals surface area contributed by atoms with E-state index in [0.29, 0.717) is 48.8 Å². The number of benzene rings is 1. The molecule has 48 heavy (non-hydrogen) atoms. The Morgan fingerprint density at radius 3 is 2.23 bits per heavy atom. The predicted molar refractivity (Wildman–Crippen MR) is 185 cm³/mol. The number of carbonyl (C=O) groups excluding carboxylic acids is 3. The van der Waals surface area contributed by atoms with Crippen molar-refractivity contribution in [3.8, 4) is 0 Å². The maximum absolute atomic E-state index is 13.3. The number of ether oxygens (including phenoxy) is 3. The number of nitrogens with zero attached hydrogens (tertiary/aromatic N) is 2. The predicted octanol–water partition coefficient (Wildman–Crippen LogP) is 5.54. The number of esters is 1. The number of carbonyl (C=O) groups is 3. The van der Waals surface area contributed by atoms with Crippen LogP contribution in [0.4, 0.5) is 5.69 Å². The standard InChI is InChI=1S/C36H45N3O7S2/c1-38(16-3-2-8-31(40)37-27-11-9-26(10-12-27)33-44-20-21-45-33)32(41)13-17-39-18-14-35(15-19-39)24-28(25-35)46-34(42)36(43,29-6-4-22-47-29)30-7-5-23-48-30/h4-7,9-12,22-23,28,33,43H,2-3,8,13-21,24-25H2,1H3,(H,37,40). The molecule has 2 aromatic heterocycles. The van der Waals surface area contributed by atoms with Crippen molar-refractivity contribution < 1.29 is 33.7 Å². The molecule has 0 radical (unpaired) electrons. The van der Waals surface area contributed by atoms with Crippen molar-refractivity contribution in [2.24, 2.45) is 5.41 Å². The average molecular weight is 696 g/mol. The van der Waals surface area contributed by atoms with Gasteiger partial charge in [-0.05, 0) is 92.1 Å². The normalized spacial score (nSPS) is 18.5. The van der Waals surface area contributed by atoms with Crippen LogP contribution in [0.25, 0.3) is 0 Å². The van der Waals surface area contributed by atoms with E-state index in [4.69, 9.17) is 14.2 Å². The summed E-state index contributed by atoms with van der Waals surface area (Å²) in [6, 6.07) is 14.7. The highest BCUT2D eigenvalue weighted by Crippen LogP contribution is 2.51. The molecule has 0 unspecified atom stereocenters. The van der Waals surface area contributed by atoms with Crippen LogP contribution in [0, 0.1) is 5.41 Å². The van der Waals surface area contributed by atoms with Gasteiger partial charge in [-0.15, -0.1) is 22.7 Å². The minimum atomic E-state index is -1.77. The van der Waals surface area contributed by atoms with Crippen LogP contribution in [0.3, 0.4) is 0 Å². The van der Waals surface area contributed by atoms with Crippen molar-refractivity contribution in [1.82, 2.24) is 9.80 Å². The van der Waals surface area contributed by atoms with Gasteiger partial charge in [0.1, 0.15) is 6.10 Å². The van der Waals surface area contributed by atoms with Crippen LogP contribution in [-0.4, -0.2) is 85.2 Å². The second-order valence-electron chi connectivity index (χ2n) is 13.2. The average Bonchev–Trinajstić information content (AvgIpc) is 3.90. The molecule has 1 saturated carbocycles. The lowest BCUT2D eigenvalue weighted by molar-refractivity contribution is -0.181. The van der Waals surface area contributed by atoms with Gasteiger partial charge < -0.3 is 34.4 Å². The van der Waals surface area contributed by atoms with E-state index in [1.54, 1.807) is 17.0 Å². The van der Waals surface area contributed by atoms with Crippen LogP contribution in [0.1, 0.15) is 73.0 Å².